The van der Waals surface area contributed by atoms with Crippen LogP contribution in [-0.2, 0) is 9.63 Å². The predicted octanol–water partition coefficient (Wildman–Crippen LogP) is 3.17. The Morgan fingerprint density at radius 1 is 1.39 bits per heavy atom. The van der Waals surface area contributed by atoms with Crippen molar-refractivity contribution in [2.24, 2.45) is 27.8 Å². The zero-order valence-corrected chi connectivity index (χ0v) is 12.3. The van der Waals surface area contributed by atoms with Crippen LogP contribution in [0.5, 0.6) is 0 Å². The van der Waals surface area contributed by atoms with Gasteiger partial charge in [-0.1, -0.05) is 39.8 Å². The van der Waals surface area contributed by atoms with Gasteiger partial charge in [0.1, 0.15) is 6.61 Å². The van der Waals surface area contributed by atoms with Gasteiger partial charge in [-0.25, -0.2) is 0 Å². The summed E-state index contributed by atoms with van der Waals surface area (Å²) in [6.45, 7) is 12.7. The molecule has 18 heavy (non-hydrogen) atoms. The number of nitrogens with zero attached hydrogens (tertiary/aromatic N) is 1. The van der Waals surface area contributed by atoms with Gasteiger partial charge in [0.25, 0.3) is 0 Å². The molecule has 1 aliphatic carbocycles. The van der Waals surface area contributed by atoms with Crippen LogP contribution in [-0.4, -0.2) is 23.4 Å². The number of carboxylic acids is 1. The average molecular weight is 255 g/mol. The summed E-state index contributed by atoms with van der Waals surface area (Å²) in [7, 11) is 0. The molecule has 0 spiro atoms. The molecule has 2 atom stereocenters. The second-order valence-corrected chi connectivity index (χ2v) is 7.11. The Balaban J connectivity index is 2.44. The predicted molar refractivity (Wildman–Crippen MR) is 71.5 cm³/mol. The molecule has 0 radical (unpaired) electrons. The Labute approximate surface area is 109 Å². The summed E-state index contributed by atoms with van der Waals surface area (Å²) in [4.78, 5) is 16.3. The van der Waals surface area contributed by atoms with E-state index < -0.39 is 5.97 Å². The molecule has 0 aromatic heterocycles. The SMILES string of the molecule is CC(CC1[C@@H](C(=O)O)C1(C)C)=NOCC(C)(C)C. The molecule has 1 rings (SSSR count). The Bertz CT molecular complexity index is 353. The first-order valence-corrected chi connectivity index (χ1v) is 6.44. The molecule has 0 heterocycles. The summed E-state index contributed by atoms with van der Waals surface area (Å²) < 4.78 is 0. The van der Waals surface area contributed by atoms with Crippen molar-refractivity contribution in [1.29, 1.82) is 0 Å². The number of oxime groups is 1. The van der Waals surface area contributed by atoms with Crippen LogP contribution in [0.25, 0.3) is 0 Å². The van der Waals surface area contributed by atoms with Crippen molar-refractivity contribution in [3.05, 3.63) is 0 Å². The van der Waals surface area contributed by atoms with E-state index in [9.17, 15) is 4.79 Å². The smallest absolute Gasteiger partial charge is 0.307 e. The number of carbonyl (C=O) groups is 1. The molecule has 4 nitrogen and oxygen atoms in total. The summed E-state index contributed by atoms with van der Waals surface area (Å²) in [6.07, 6.45) is 0.702. The highest BCUT2D eigenvalue weighted by Crippen LogP contribution is 2.60. The van der Waals surface area contributed by atoms with Gasteiger partial charge in [0.2, 0.25) is 0 Å². The minimum absolute atomic E-state index is 0.0895. The number of hydrogen-bond acceptors (Lipinski definition) is 3. The summed E-state index contributed by atoms with van der Waals surface area (Å²) in [6, 6.07) is 0. The molecule has 4 heteroatoms. The molecule has 104 valence electrons. The molecule has 0 saturated heterocycles. The van der Waals surface area contributed by atoms with Crippen LogP contribution in [0.2, 0.25) is 0 Å². The second kappa shape index (κ2) is 4.90. The number of aliphatic carboxylic acids is 1. The van der Waals surface area contributed by atoms with Gasteiger partial charge < -0.3 is 9.94 Å². The normalized spacial score (nSPS) is 26.9. The molecule has 1 N–H and O–H groups in total. The van der Waals surface area contributed by atoms with Crippen LogP contribution < -0.4 is 0 Å². The van der Waals surface area contributed by atoms with E-state index in [2.05, 4.69) is 25.9 Å². The molecule has 1 aliphatic rings. The minimum Gasteiger partial charge on any atom is -0.481 e. The Kier molecular flexibility index (Phi) is 4.08. The molecule has 0 aromatic rings. The quantitative estimate of drug-likeness (QED) is 0.606. The van der Waals surface area contributed by atoms with Crippen molar-refractivity contribution in [1.82, 2.24) is 0 Å². The lowest BCUT2D eigenvalue weighted by molar-refractivity contribution is -0.139. The third-order valence-electron chi connectivity index (χ3n) is 3.55. The molecular formula is C14H25NO3. The summed E-state index contributed by atoms with van der Waals surface area (Å²) in [5.74, 6) is -0.768. The van der Waals surface area contributed by atoms with E-state index in [1.807, 2.05) is 20.8 Å². The summed E-state index contributed by atoms with van der Waals surface area (Å²) in [5.41, 5.74) is 0.847. The van der Waals surface area contributed by atoms with Crippen molar-refractivity contribution in [2.45, 2.75) is 48.0 Å². The Morgan fingerprint density at radius 2 is 1.94 bits per heavy atom. The molecule has 0 bridgehead atoms. The maximum atomic E-state index is 11.0. The van der Waals surface area contributed by atoms with Gasteiger partial charge in [0.05, 0.1) is 11.6 Å². The van der Waals surface area contributed by atoms with E-state index in [0.717, 1.165) is 5.71 Å². The first-order valence-electron chi connectivity index (χ1n) is 6.44. The Morgan fingerprint density at radius 3 is 2.33 bits per heavy atom. The number of hydrogen-bond donors (Lipinski definition) is 1. The highest BCUT2D eigenvalue weighted by Gasteiger charge is 2.61. The molecule has 0 aromatic carbocycles. The second-order valence-electron chi connectivity index (χ2n) is 7.11. The minimum atomic E-state index is -0.701. The maximum absolute atomic E-state index is 11.0. The maximum Gasteiger partial charge on any atom is 0.307 e. The largest absolute Gasteiger partial charge is 0.481 e. The van der Waals surface area contributed by atoms with Crippen molar-refractivity contribution in [2.75, 3.05) is 6.61 Å². The highest BCUT2D eigenvalue weighted by atomic mass is 16.6. The van der Waals surface area contributed by atoms with Gasteiger partial charge in [-0.15, -0.1) is 0 Å². The molecule has 1 fully saturated rings. The van der Waals surface area contributed by atoms with Crippen LogP contribution >= 0.6 is 0 Å². The first kappa shape index (κ1) is 15.0. The first-order chi connectivity index (χ1) is 8.05. The summed E-state index contributed by atoms with van der Waals surface area (Å²) >= 11 is 0. The Hall–Kier alpha value is -1.06. The summed E-state index contributed by atoms with van der Waals surface area (Å²) in [5, 5.41) is 13.2. The van der Waals surface area contributed by atoms with Crippen LogP contribution in [0, 0.1) is 22.7 Å². The lowest BCUT2D eigenvalue weighted by Crippen LogP contribution is -2.13. The van der Waals surface area contributed by atoms with Gasteiger partial charge in [-0.05, 0) is 30.1 Å². The number of rotatable bonds is 5. The van der Waals surface area contributed by atoms with Crippen molar-refractivity contribution >= 4 is 11.7 Å². The van der Waals surface area contributed by atoms with Gasteiger partial charge >= 0.3 is 5.97 Å². The van der Waals surface area contributed by atoms with Crippen LogP contribution in [0.15, 0.2) is 5.16 Å². The van der Waals surface area contributed by atoms with Gasteiger partial charge in [-0.2, -0.15) is 0 Å². The van der Waals surface area contributed by atoms with Crippen LogP contribution in [0.4, 0.5) is 0 Å². The molecular weight excluding hydrogens is 230 g/mol. The average Bonchev–Trinajstić information content (AvgIpc) is 2.65. The zero-order valence-electron chi connectivity index (χ0n) is 12.3. The lowest BCUT2D eigenvalue weighted by Gasteiger charge is -2.15. The van der Waals surface area contributed by atoms with Gasteiger partial charge in [-0.3, -0.25) is 4.79 Å². The molecule has 1 unspecified atom stereocenters. The van der Waals surface area contributed by atoms with Crippen molar-refractivity contribution < 1.29 is 14.7 Å². The standard InChI is InChI=1S/C14H25NO3/c1-9(15-18-8-13(2,3)4)7-10-11(12(16)17)14(10,5)6/h10-11H,7-8H2,1-6H3,(H,16,17)/t10?,11-/m0/s1. The van der Waals surface area contributed by atoms with Crippen molar-refractivity contribution in [3.63, 3.8) is 0 Å². The van der Waals surface area contributed by atoms with Gasteiger partial charge in [0.15, 0.2) is 0 Å². The molecule has 0 amide bonds. The van der Waals surface area contributed by atoms with Crippen LogP contribution in [0.1, 0.15) is 48.0 Å². The topological polar surface area (TPSA) is 58.9 Å². The highest BCUT2D eigenvalue weighted by molar-refractivity contribution is 5.84. The number of carboxylic acid groups (broad SMARTS) is 1. The fraction of sp³-hybridized carbons (Fsp3) is 0.857. The molecule has 0 aliphatic heterocycles. The van der Waals surface area contributed by atoms with Crippen molar-refractivity contribution in [3.8, 4) is 0 Å². The van der Waals surface area contributed by atoms with E-state index in [4.69, 9.17) is 9.94 Å². The van der Waals surface area contributed by atoms with E-state index in [1.165, 1.54) is 0 Å². The monoisotopic (exact) mass is 255 g/mol. The van der Waals surface area contributed by atoms with E-state index in [1.54, 1.807) is 0 Å². The fourth-order valence-electron chi connectivity index (χ4n) is 2.31. The van der Waals surface area contributed by atoms with E-state index in [0.29, 0.717) is 13.0 Å². The van der Waals surface area contributed by atoms with E-state index >= 15 is 0 Å². The van der Waals surface area contributed by atoms with Crippen LogP contribution in [0.3, 0.4) is 0 Å². The fourth-order valence-corrected chi connectivity index (χ4v) is 2.31. The lowest BCUT2D eigenvalue weighted by atomic mass is 9.99. The third kappa shape index (κ3) is 3.72. The van der Waals surface area contributed by atoms with E-state index in [-0.39, 0.29) is 22.7 Å². The zero-order chi connectivity index (χ0) is 14.1. The third-order valence-corrected chi connectivity index (χ3v) is 3.55. The molecule has 1 saturated carbocycles. The van der Waals surface area contributed by atoms with Gasteiger partial charge in [0, 0.05) is 0 Å².